The van der Waals surface area contributed by atoms with Crippen LogP contribution in [0.4, 0.5) is 11.4 Å². The van der Waals surface area contributed by atoms with Gasteiger partial charge in [-0.25, -0.2) is 0 Å². The fourth-order valence-electron chi connectivity index (χ4n) is 5.65. The second kappa shape index (κ2) is 7.81. The van der Waals surface area contributed by atoms with Crippen molar-refractivity contribution in [3.05, 3.63) is 34.4 Å². The van der Waals surface area contributed by atoms with Gasteiger partial charge < -0.3 is 15.5 Å². The molecule has 4 aliphatic carbocycles. The molecule has 0 unspecified atom stereocenters. The molecule has 29 heavy (non-hydrogen) atoms. The average molecular weight is 400 g/mol. The maximum Gasteiger partial charge on any atom is 0.271 e. The number of nitrogens with one attached hydrogen (secondary N) is 2. The molecule has 9 nitrogen and oxygen atoms in total. The van der Waals surface area contributed by atoms with Crippen LogP contribution in [0.25, 0.3) is 0 Å². The first-order valence-corrected chi connectivity index (χ1v) is 9.92. The molecule has 0 aromatic heterocycles. The third kappa shape index (κ3) is 4.55. The Balaban J connectivity index is 1.22. The van der Waals surface area contributed by atoms with Crippen molar-refractivity contribution in [3.63, 3.8) is 0 Å². The van der Waals surface area contributed by atoms with Crippen molar-refractivity contribution < 1.29 is 19.3 Å². The van der Waals surface area contributed by atoms with E-state index in [9.17, 15) is 19.7 Å². The van der Waals surface area contributed by atoms with Gasteiger partial charge in [0.2, 0.25) is 0 Å². The van der Waals surface area contributed by atoms with Crippen molar-refractivity contribution in [1.82, 2.24) is 5.32 Å². The van der Waals surface area contributed by atoms with E-state index in [1.165, 1.54) is 43.5 Å². The number of hydrogen-bond acceptors (Lipinski definition) is 6. The fourth-order valence-corrected chi connectivity index (χ4v) is 5.65. The molecular weight excluding hydrogens is 376 g/mol. The highest BCUT2D eigenvalue weighted by Gasteiger charge is 2.51. The highest BCUT2D eigenvalue weighted by atomic mass is 16.6. The van der Waals surface area contributed by atoms with Gasteiger partial charge in [0.05, 0.1) is 4.92 Å². The van der Waals surface area contributed by atoms with Crippen LogP contribution in [-0.2, 0) is 14.4 Å². The maximum absolute atomic E-state index is 12.3. The number of anilines is 1. The molecule has 9 heteroatoms. The summed E-state index contributed by atoms with van der Waals surface area (Å²) in [6, 6.07) is 5.56. The van der Waals surface area contributed by atoms with Crippen LogP contribution >= 0.6 is 0 Å². The molecule has 4 fully saturated rings. The molecule has 2 amide bonds. The van der Waals surface area contributed by atoms with E-state index in [-0.39, 0.29) is 29.4 Å². The molecular formula is C20H24N4O5. The van der Waals surface area contributed by atoms with Crippen LogP contribution in [0, 0.1) is 27.9 Å². The van der Waals surface area contributed by atoms with Gasteiger partial charge in [0, 0.05) is 23.4 Å². The lowest BCUT2D eigenvalue weighted by Crippen LogP contribution is -2.60. The van der Waals surface area contributed by atoms with Gasteiger partial charge in [0.25, 0.3) is 17.5 Å². The molecule has 0 spiro atoms. The predicted molar refractivity (Wildman–Crippen MR) is 105 cm³/mol. The topological polar surface area (TPSA) is 123 Å². The smallest absolute Gasteiger partial charge is 0.271 e. The SMILES string of the molecule is O=C(/C=N\OCC(=O)NC12CC3CC(CC(C3)C1)C2)Nc1cccc([N+](=O)[O-])c1. The number of nitro groups is 1. The molecule has 4 bridgehead atoms. The molecule has 4 saturated carbocycles. The minimum absolute atomic E-state index is 0.0850. The molecule has 1 aromatic carbocycles. The van der Waals surface area contributed by atoms with Crippen LogP contribution in [0.3, 0.4) is 0 Å². The number of carbonyl (C=O) groups is 2. The van der Waals surface area contributed by atoms with Gasteiger partial charge in [0.15, 0.2) is 6.61 Å². The quantitative estimate of drug-likeness (QED) is 0.414. The van der Waals surface area contributed by atoms with Crippen LogP contribution in [0.5, 0.6) is 0 Å². The van der Waals surface area contributed by atoms with Gasteiger partial charge in [-0.3, -0.25) is 19.7 Å². The Kier molecular flexibility index (Phi) is 5.21. The van der Waals surface area contributed by atoms with Gasteiger partial charge in [-0.15, -0.1) is 0 Å². The summed E-state index contributed by atoms with van der Waals surface area (Å²) >= 11 is 0. The number of hydrogen-bond donors (Lipinski definition) is 2. The molecule has 5 rings (SSSR count). The van der Waals surface area contributed by atoms with E-state index in [1.54, 1.807) is 0 Å². The Labute approximate surface area is 168 Å². The van der Waals surface area contributed by atoms with E-state index in [0.717, 1.165) is 43.2 Å². The second-order valence-electron chi connectivity index (χ2n) is 8.55. The van der Waals surface area contributed by atoms with Crippen LogP contribution in [0.15, 0.2) is 29.4 Å². The van der Waals surface area contributed by atoms with Crippen LogP contribution in [-0.4, -0.2) is 35.1 Å². The molecule has 0 atom stereocenters. The monoisotopic (exact) mass is 400 g/mol. The van der Waals surface area contributed by atoms with Gasteiger partial charge in [0.1, 0.15) is 6.21 Å². The Morgan fingerprint density at radius 1 is 1.21 bits per heavy atom. The summed E-state index contributed by atoms with van der Waals surface area (Å²) < 4.78 is 0. The number of carbonyl (C=O) groups excluding carboxylic acids is 2. The minimum atomic E-state index is -0.605. The summed E-state index contributed by atoms with van der Waals surface area (Å²) in [6.07, 6.45) is 7.97. The zero-order valence-electron chi connectivity index (χ0n) is 16.0. The largest absolute Gasteiger partial charge is 0.386 e. The first-order chi connectivity index (χ1) is 13.9. The predicted octanol–water partition coefficient (Wildman–Crippen LogP) is 2.62. The summed E-state index contributed by atoms with van der Waals surface area (Å²) in [4.78, 5) is 39.3. The van der Waals surface area contributed by atoms with Crippen molar-refractivity contribution >= 4 is 29.4 Å². The molecule has 154 valence electrons. The summed E-state index contributed by atoms with van der Waals surface area (Å²) in [6.45, 7) is -0.248. The molecule has 4 aliphatic rings. The maximum atomic E-state index is 12.3. The Hall–Kier alpha value is -2.97. The number of rotatable bonds is 7. The second-order valence-corrected chi connectivity index (χ2v) is 8.55. The van der Waals surface area contributed by atoms with E-state index < -0.39 is 10.8 Å². The third-order valence-corrected chi connectivity index (χ3v) is 6.21. The van der Waals surface area contributed by atoms with Gasteiger partial charge >= 0.3 is 0 Å². The normalized spacial score (nSPS) is 29.6. The lowest BCUT2D eigenvalue weighted by molar-refractivity contribution is -0.384. The molecule has 0 heterocycles. The summed E-state index contributed by atoms with van der Waals surface area (Å²) in [5, 5.41) is 19.9. The standard InChI is InChI=1S/C20H24N4O5/c25-18(22-16-2-1-3-17(7-16)24(27)28)11-21-29-12-19(26)23-20-8-13-4-14(9-20)6-15(5-13)10-20/h1-3,7,11,13-15H,4-6,8-10,12H2,(H,22,25)(H,23,26)/b21-11-. The van der Waals surface area contributed by atoms with Crippen LogP contribution < -0.4 is 10.6 Å². The number of benzene rings is 1. The Bertz CT molecular complexity index is 818. The molecule has 0 saturated heterocycles. The van der Waals surface area contributed by atoms with Gasteiger partial charge in [-0.1, -0.05) is 11.2 Å². The van der Waals surface area contributed by atoms with Crippen LogP contribution in [0.2, 0.25) is 0 Å². The lowest BCUT2D eigenvalue weighted by atomic mass is 9.53. The fraction of sp³-hybridized carbons (Fsp3) is 0.550. The summed E-state index contributed by atoms with van der Waals surface area (Å²) in [5.74, 6) is 1.38. The number of non-ortho nitro benzene ring substituents is 1. The molecule has 2 N–H and O–H groups in total. The first kappa shape index (κ1) is 19.4. The van der Waals surface area contributed by atoms with E-state index in [0.29, 0.717) is 0 Å². The number of amides is 2. The Morgan fingerprint density at radius 2 is 1.86 bits per heavy atom. The number of oxime groups is 1. The van der Waals surface area contributed by atoms with Crippen molar-refractivity contribution in [2.24, 2.45) is 22.9 Å². The zero-order valence-corrected chi connectivity index (χ0v) is 16.0. The van der Waals surface area contributed by atoms with Crippen molar-refractivity contribution in [2.75, 3.05) is 11.9 Å². The number of nitro benzene ring substituents is 1. The lowest BCUT2D eigenvalue weighted by Gasteiger charge is -2.56. The van der Waals surface area contributed by atoms with Crippen molar-refractivity contribution in [3.8, 4) is 0 Å². The first-order valence-electron chi connectivity index (χ1n) is 9.92. The Morgan fingerprint density at radius 3 is 2.48 bits per heavy atom. The van der Waals surface area contributed by atoms with E-state index in [1.807, 2.05) is 0 Å². The summed E-state index contributed by atoms with van der Waals surface area (Å²) in [5.41, 5.74) is 0.0609. The van der Waals surface area contributed by atoms with Gasteiger partial charge in [-0.2, -0.15) is 0 Å². The molecule has 1 aromatic rings. The molecule has 0 aliphatic heterocycles. The highest BCUT2D eigenvalue weighted by Crippen LogP contribution is 2.55. The minimum Gasteiger partial charge on any atom is -0.386 e. The van der Waals surface area contributed by atoms with E-state index in [2.05, 4.69) is 15.8 Å². The third-order valence-electron chi connectivity index (χ3n) is 6.21. The highest BCUT2D eigenvalue weighted by molar-refractivity contribution is 6.31. The molecule has 0 radical (unpaired) electrons. The van der Waals surface area contributed by atoms with E-state index >= 15 is 0 Å². The summed E-state index contributed by atoms with van der Waals surface area (Å²) in [7, 11) is 0. The average Bonchev–Trinajstić information content (AvgIpc) is 2.64. The van der Waals surface area contributed by atoms with Gasteiger partial charge in [-0.05, 0) is 62.3 Å². The number of nitrogens with zero attached hydrogens (tertiary/aromatic N) is 2. The van der Waals surface area contributed by atoms with Crippen molar-refractivity contribution in [2.45, 2.75) is 44.1 Å². The van der Waals surface area contributed by atoms with Crippen molar-refractivity contribution in [1.29, 1.82) is 0 Å². The zero-order chi connectivity index (χ0) is 20.4. The van der Waals surface area contributed by atoms with E-state index in [4.69, 9.17) is 4.84 Å². The van der Waals surface area contributed by atoms with Crippen LogP contribution in [0.1, 0.15) is 38.5 Å².